The van der Waals surface area contributed by atoms with E-state index in [9.17, 15) is 13.2 Å². The monoisotopic (exact) mass is 304 g/mol. The second-order valence-corrected chi connectivity index (χ2v) is 5.15. The SMILES string of the molecule is CCc1nc2cc(C(F)(F)F)ccc2n1Cc1ccccc1. The van der Waals surface area contributed by atoms with Crippen LogP contribution in [0, 0.1) is 0 Å². The molecule has 0 spiro atoms. The van der Waals surface area contributed by atoms with Crippen molar-refractivity contribution in [3.63, 3.8) is 0 Å². The van der Waals surface area contributed by atoms with E-state index in [-0.39, 0.29) is 0 Å². The molecule has 2 aromatic carbocycles. The fourth-order valence-electron chi connectivity index (χ4n) is 2.57. The maximum absolute atomic E-state index is 12.8. The number of halogens is 3. The van der Waals surface area contributed by atoms with Crippen molar-refractivity contribution in [1.29, 1.82) is 0 Å². The van der Waals surface area contributed by atoms with Gasteiger partial charge in [-0.05, 0) is 23.8 Å². The summed E-state index contributed by atoms with van der Waals surface area (Å²) in [4.78, 5) is 4.36. The molecular formula is C17H15F3N2. The van der Waals surface area contributed by atoms with Crippen molar-refractivity contribution < 1.29 is 13.2 Å². The molecule has 1 aromatic heterocycles. The molecule has 0 aliphatic carbocycles. The van der Waals surface area contributed by atoms with E-state index in [1.165, 1.54) is 6.07 Å². The molecule has 114 valence electrons. The van der Waals surface area contributed by atoms with Crippen LogP contribution >= 0.6 is 0 Å². The molecule has 0 saturated carbocycles. The van der Waals surface area contributed by atoms with Crippen LogP contribution in [0.15, 0.2) is 48.5 Å². The second-order valence-electron chi connectivity index (χ2n) is 5.15. The predicted molar refractivity (Wildman–Crippen MR) is 79.7 cm³/mol. The average Bonchev–Trinajstić information content (AvgIpc) is 2.84. The van der Waals surface area contributed by atoms with Crippen molar-refractivity contribution in [2.45, 2.75) is 26.1 Å². The topological polar surface area (TPSA) is 17.8 Å². The van der Waals surface area contributed by atoms with Gasteiger partial charge in [-0.3, -0.25) is 0 Å². The molecule has 3 aromatic rings. The summed E-state index contributed by atoms with van der Waals surface area (Å²) in [5.41, 5.74) is 1.56. The van der Waals surface area contributed by atoms with Gasteiger partial charge in [0.25, 0.3) is 0 Å². The van der Waals surface area contributed by atoms with E-state index in [0.717, 1.165) is 29.0 Å². The van der Waals surface area contributed by atoms with Crippen LogP contribution in [0.5, 0.6) is 0 Å². The van der Waals surface area contributed by atoms with E-state index < -0.39 is 11.7 Å². The van der Waals surface area contributed by atoms with Gasteiger partial charge >= 0.3 is 6.18 Å². The van der Waals surface area contributed by atoms with E-state index in [1.807, 2.05) is 41.8 Å². The van der Waals surface area contributed by atoms with Crippen LogP contribution in [0.2, 0.25) is 0 Å². The van der Waals surface area contributed by atoms with Gasteiger partial charge in [-0.25, -0.2) is 4.98 Å². The van der Waals surface area contributed by atoms with E-state index in [1.54, 1.807) is 0 Å². The Bertz CT molecular complexity index is 789. The van der Waals surface area contributed by atoms with Gasteiger partial charge in [-0.2, -0.15) is 13.2 Å². The molecule has 0 amide bonds. The maximum Gasteiger partial charge on any atom is 0.416 e. The molecule has 0 bridgehead atoms. The largest absolute Gasteiger partial charge is 0.416 e. The first-order chi connectivity index (χ1) is 10.5. The molecule has 0 atom stereocenters. The summed E-state index contributed by atoms with van der Waals surface area (Å²) in [5.74, 6) is 0.790. The smallest absolute Gasteiger partial charge is 0.323 e. The highest BCUT2D eigenvalue weighted by Crippen LogP contribution is 2.31. The average molecular weight is 304 g/mol. The lowest BCUT2D eigenvalue weighted by atomic mass is 10.2. The minimum absolute atomic E-state index is 0.391. The maximum atomic E-state index is 12.8. The van der Waals surface area contributed by atoms with Crippen LogP contribution in [0.1, 0.15) is 23.9 Å². The van der Waals surface area contributed by atoms with E-state index >= 15 is 0 Å². The Kier molecular flexibility index (Phi) is 3.64. The first kappa shape index (κ1) is 14.6. The lowest BCUT2D eigenvalue weighted by molar-refractivity contribution is -0.137. The van der Waals surface area contributed by atoms with Gasteiger partial charge in [0.15, 0.2) is 0 Å². The summed E-state index contributed by atoms with van der Waals surface area (Å²) >= 11 is 0. The molecule has 2 nitrogen and oxygen atoms in total. The number of hydrogen-bond donors (Lipinski definition) is 0. The number of alkyl halides is 3. The van der Waals surface area contributed by atoms with Crippen LogP contribution in [0.25, 0.3) is 11.0 Å². The predicted octanol–water partition coefficient (Wildman–Crippen LogP) is 4.67. The number of benzene rings is 2. The fourth-order valence-corrected chi connectivity index (χ4v) is 2.57. The Morgan fingerprint density at radius 1 is 1.05 bits per heavy atom. The van der Waals surface area contributed by atoms with E-state index in [2.05, 4.69) is 4.98 Å². The van der Waals surface area contributed by atoms with Crippen molar-refractivity contribution in [3.05, 3.63) is 65.5 Å². The summed E-state index contributed by atoms with van der Waals surface area (Å²) < 4.78 is 40.4. The Labute approximate surface area is 126 Å². The quantitative estimate of drug-likeness (QED) is 0.688. The highest BCUT2D eigenvalue weighted by molar-refractivity contribution is 5.77. The molecular weight excluding hydrogens is 289 g/mol. The number of nitrogens with zero attached hydrogens (tertiary/aromatic N) is 2. The number of aryl methyl sites for hydroxylation is 1. The minimum atomic E-state index is -4.34. The molecule has 0 radical (unpaired) electrons. The Morgan fingerprint density at radius 3 is 2.41 bits per heavy atom. The summed E-state index contributed by atoms with van der Waals surface area (Å²) in [6.45, 7) is 2.55. The first-order valence-corrected chi connectivity index (χ1v) is 7.09. The normalized spacial score (nSPS) is 12.0. The molecule has 0 aliphatic heterocycles. The number of imidazole rings is 1. The van der Waals surface area contributed by atoms with E-state index in [0.29, 0.717) is 18.5 Å². The summed E-state index contributed by atoms with van der Waals surface area (Å²) in [6.07, 6.45) is -3.67. The summed E-state index contributed by atoms with van der Waals surface area (Å²) in [7, 11) is 0. The molecule has 0 fully saturated rings. The fraction of sp³-hybridized carbons (Fsp3) is 0.235. The Balaban J connectivity index is 2.09. The second kappa shape index (κ2) is 5.48. The molecule has 3 rings (SSSR count). The summed E-state index contributed by atoms with van der Waals surface area (Å²) in [6, 6.07) is 13.6. The molecule has 0 unspecified atom stereocenters. The third-order valence-corrected chi connectivity index (χ3v) is 3.65. The first-order valence-electron chi connectivity index (χ1n) is 7.09. The van der Waals surface area contributed by atoms with Crippen molar-refractivity contribution in [1.82, 2.24) is 9.55 Å². The lowest BCUT2D eigenvalue weighted by Gasteiger charge is -2.09. The van der Waals surface area contributed by atoms with Crippen molar-refractivity contribution in [2.75, 3.05) is 0 Å². The Morgan fingerprint density at radius 2 is 1.77 bits per heavy atom. The van der Waals surface area contributed by atoms with Gasteiger partial charge in [0.2, 0.25) is 0 Å². The third kappa shape index (κ3) is 2.71. The Hall–Kier alpha value is -2.30. The summed E-state index contributed by atoms with van der Waals surface area (Å²) in [5, 5.41) is 0. The number of aromatic nitrogens is 2. The molecule has 22 heavy (non-hydrogen) atoms. The zero-order valence-corrected chi connectivity index (χ0v) is 12.1. The number of fused-ring (bicyclic) bond motifs is 1. The van der Waals surface area contributed by atoms with Gasteiger partial charge in [-0.15, -0.1) is 0 Å². The van der Waals surface area contributed by atoms with Crippen molar-refractivity contribution >= 4 is 11.0 Å². The third-order valence-electron chi connectivity index (χ3n) is 3.65. The molecule has 0 N–H and O–H groups in total. The van der Waals surface area contributed by atoms with E-state index in [4.69, 9.17) is 0 Å². The minimum Gasteiger partial charge on any atom is -0.323 e. The van der Waals surface area contributed by atoms with Crippen LogP contribution in [-0.4, -0.2) is 9.55 Å². The van der Waals surface area contributed by atoms with Crippen LogP contribution in [-0.2, 0) is 19.1 Å². The molecule has 0 saturated heterocycles. The molecule has 5 heteroatoms. The van der Waals surface area contributed by atoms with Crippen molar-refractivity contribution in [2.24, 2.45) is 0 Å². The van der Waals surface area contributed by atoms with Crippen LogP contribution < -0.4 is 0 Å². The standard InChI is InChI=1S/C17H15F3N2/c1-2-16-21-14-10-13(17(18,19)20)8-9-15(14)22(16)11-12-6-4-3-5-7-12/h3-10H,2,11H2,1H3. The molecule has 1 heterocycles. The van der Waals surface area contributed by atoms with Gasteiger partial charge in [0, 0.05) is 13.0 Å². The molecule has 0 aliphatic rings. The zero-order chi connectivity index (χ0) is 15.7. The number of rotatable bonds is 3. The van der Waals surface area contributed by atoms with Gasteiger partial charge in [-0.1, -0.05) is 37.3 Å². The highest BCUT2D eigenvalue weighted by atomic mass is 19.4. The van der Waals surface area contributed by atoms with Crippen LogP contribution in [0.4, 0.5) is 13.2 Å². The van der Waals surface area contributed by atoms with Crippen LogP contribution in [0.3, 0.4) is 0 Å². The zero-order valence-electron chi connectivity index (χ0n) is 12.1. The van der Waals surface area contributed by atoms with Crippen molar-refractivity contribution in [3.8, 4) is 0 Å². The van der Waals surface area contributed by atoms with Gasteiger partial charge in [0.05, 0.1) is 16.6 Å². The lowest BCUT2D eigenvalue weighted by Crippen LogP contribution is -2.05. The highest BCUT2D eigenvalue weighted by Gasteiger charge is 2.31. The van der Waals surface area contributed by atoms with Gasteiger partial charge in [0.1, 0.15) is 5.82 Å². The van der Waals surface area contributed by atoms with Gasteiger partial charge < -0.3 is 4.57 Å². The number of hydrogen-bond acceptors (Lipinski definition) is 1.